The van der Waals surface area contributed by atoms with E-state index in [1.165, 1.54) is 11.9 Å². The molecule has 0 saturated heterocycles. The molecule has 2 aromatic rings. The van der Waals surface area contributed by atoms with Gasteiger partial charge >= 0.3 is 0 Å². The van der Waals surface area contributed by atoms with Crippen LogP contribution < -0.4 is 0 Å². The number of nitrogens with zero attached hydrogens (tertiary/aromatic N) is 2. The van der Waals surface area contributed by atoms with Crippen LogP contribution in [0.15, 0.2) is 47.6 Å². The molecule has 3 rings (SSSR count). The average Bonchev–Trinajstić information content (AvgIpc) is 2.92. The van der Waals surface area contributed by atoms with Crippen molar-refractivity contribution in [1.29, 1.82) is 0 Å². The molecule has 23 heavy (non-hydrogen) atoms. The number of amides is 1. The Hall–Kier alpha value is -1.31. The van der Waals surface area contributed by atoms with Gasteiger partial charge in [0.05, 0.1) is 15.6 Å². The maximum absolute atomic E-state index is 11.9. The first-order valence-electron chi connectivity index (χ1n) is 6.72. The fourth-order valence-electron chi connectivity index (χ4n) is 2.24. The quantitative estimate of drug-likeness (QED) is 0.602. The summed E-state index contributed by atoms with van der Waals surface area (Å²) in [4.78, 5) is 11.9. The van der Waals surface area contributed by atoms with Gasteiger partial charge in [-0.05, 0) is 52.9 Å². The van der Waals surface area contributed by atoms with Gasteiger partial charge in [0.15, 0.2) is 0 Å². The van der Waals surface area contributed by atoms with Gasteiger partial charge in [0.2, 0.25) is 18.0 Å². The van der Waals surface area contributed by atoms with Gasteiger partial charge in [-0.2, -0.15) is 5.01 Å². The molecule has 0 aromatic heterocycles. The molecule has 4 nitrogen and oxygen atoms in total. The van der Waals surface area contributed by atoms with Gasteiger partial charge in [-0.1, -0.05) is 35.3 Å². The second-order valence-corrected chi connectivity index (χ2v) is 6.94. The Morgan fingerprint density at radius 1 is 1.22 bits per heavy atom. The van der Waals surface area contributed by atoms with Gasteiger partial charge in [0.25, 0.3) is 0 Å². The fraction of sp³-hybridized carbons (Fsp3) is 0.125. The number of carbonyl (C=O) groups excluding carboxylic acids is 1. The van der Waals surface area contributed by atoms with E-state index in [-0.39, 0.29) is 5.91 Å². The third-order valence-electron chi connectivity index (χ3n) is 3.28. The maximum atomic E-state index is 11.9. The number of halogens is 3. The van der Waals surface area contributed by atoms with Crippen LogP contribution in [0.25, 0.3) is 0 Å². The number of ether oxygens (including phenoxy) is 1. The molecule has 0 aliphatic carbocycles. The average molecular weight is 461 g/mol. The topological polar surface area (TPSA) is 41.9 Å². The zero-order valence-corrected chi connectivity index (χ0v) is 15.6. The highest BCUT2D eigenvalue weighted by molar-refractivity contribution is 14.1. The van der Waals surface area contributed by atoms with Crippen molar-refractivity contribution in [3.05, 3.63) is 67.2 Å². The first-order chi connectivity index (χ1) is 11.0. The van der Waals surface area contributed by atoms with Gasteiger partial charge in [-0.3, -0.25) is 4.79 Å². The Morgan fingerprint density at radius 3 is 2.48 bits per heavy atom. The monoisotopic (exact) mass is 460 g/mol. The molecular weight excluding hydrogens is 450 g/mol. The molecule has 118 valence electrons. The highest BCUT2D eigenvalue weighted by atomic mass is 127. The van der Waals surface area contributed by atoms with E-state index >= 15 is 0 Å². The van der Waals surface area contributed by atoms with Gasteiger partial charge < -0.3 is 4.74 Å². The molecule has 1 heterocycles. The summed E-state index contributed by atoms with van der Waals surface area (Å²) in [6.45, 7) is 1.42. The van der Waals surface area contributed by atoms with E-state index in [0.717, 1.165) is 9.13 Å². The predicted octanol–water partition coefficient (Wildman–Crippen LogP) is 4.84. The SMILES string of the molecule is CC(=O)N1N=C(c2cccc(I)c2)O[C@H]1c1c(Cl)cccc1Cl. The summed E-state index contributed by atoms with van der Waals surface area (Å²) in [6.07, 6.45) is -0.776. The summed E-state index contributed by atoms with van der Waals surface area (Å²) >= 11 is 14.7. The normalized spacial score (nSPS) is 17.0. The van der Waals surface area contributed by atoms with Crippen molar-refractivity contribution < 1.29 is 9.53 Å². The minimum absolute atomic E-state index is 0.258. The zero-order chi connectivity index (χ0) is 16.6. The minimum Gasteiger partial charge on any atom is -0.446 e. The highest BCUT2D eigenvalue weighted by Gasteiger charge is 2.35. The van der Waals surface area contributed by atoms with Crippen LogP contribution in [0.1, 0.15) is 24.3 Å². The van der Waals surface area contributed by atoms with Crippen LogP contribution in [-0.4, -0.2) is 16.8 Å². The largest absolute Gasteiger partial charge is 0.446 e. The van der Waals surface area contributed by atoms with Crippen molar-refractivity contribution in [1.82, 2.24) is 5.01 Å². The van der Waals surface area contributed by atoms with E-state index < -0.39 is 6.23 Å². The second kappa shape index (κ2) is 6.67. The van der Waals surface area contributed by atoms with Crippen molar-refractivity contribution in [2.24, 2.45) is 5.10 Å². The van der Waals surface area contributed by atoms with Crippen molar-refractivity contribution >= 4 is 57.6 Å². The van der Waals surface area contributed by atoms with Crippen molar-refractivity contribution in [2.75, 3.05) is 0 Å². The first-order valence-corrected chi connectivity index (χ1v) is 8.56. The molecule has 0 fully saturated rings. The molecule has 1 atom stereocenters. The van der Waals surface area contributed by atoms with Crippen LogP contribution in [0.3, 0.4) is 0 Å². The summed E-state index contributed by atoms with van der Waals surface area (Å²) < 4.78 is 6.95. The number of hydrazone groups is 1. The van der Waals surface area contributed by atoms with Crippen molar-refractivity contribution in [2.45, 2.75) is 13.2 Å². The molecule has 1 aliphatic heterocycles. The Labute approximate surface area is 157 Å². The standard InChI is InChI=1S/C16H11Cl2IN2O2/c1-9(22)21-16(14-12(17)6-3-7-13(14)18)23-15(20-21)10-4-2-5-11(19)8-10/h2-8,16H,1H3/t16-/m0/s1. The van der Waals surface area contributed by atoms with E-state index in [0.29, 0.717) is 21.5 Å². The molecule has 0 saturated carbocycles. The van der Waals surface area contributed by atoms with Crippen molar-refractivity contribution in [3.8, 4) is 0 Å². The summed E-state index contributed by atoms with van der Waals surface area (Å²) in [5, 5.41) is 6.40. The maximum Gasteiger partial charge on any atom is 0.243 e. The molecule has 0 unspecified atom stereocenters. The molecule has 1 aliphatic rings. The predicted molar refractivity (Wildman–Crippen MR) is 98.5 cm³/mol. The van der Waals surface area contributed by atoms with Crippen LogP contribution in [0.4, 0.5) is 0 Å². The van der Waals surface area contributed by atoms with Gasteiger partial charge in [0.1, 0.15) is 0 Å². The van der Waals surface area contributed by atoms with E-state index in [9.17, 15) is 4.79 Å². The van der Waals surface area contributed by atoms with E-state index in [1.807, 2.05) is 24.3 Å². The van der Waals surface area contributed by atoms with Crippen LogP contribution >= 0.6 is 45.8 Å². The molecule has 0 N–H and O–H groups in total. The molecule has 0 radical (unpaired) electrons. The molecule has 1 amide bonds. The molecule has 2 aromatic carbocycles. The van der Waals surface area contributed by atoms with E-state index in [1.54, 1.807) is 18.2 Å². The van der Waals surface area contributed by atoms with Crippen LogP contribution in [0.5, 0.6) is 0 Å². The fourth-order valence-corrected chi connectivity index (χ4v) is 3.37. The van der Waals surface area contributed by atoms with E-state index in [2.05, 4.69) is 27.7 Å². The Balaban J connectivity index is 2.03. The third kappa shape index (κ3) is 3.32. The molecule has 0 spiro atoms. The lowest BCUT2D eigenvalue weighted by Gasteiger charge is -2.21. The number of hydrogen-bond donors (Lipinski definition) is 0. The highest BCUT2D eigenvalue weighted by Crippen LogP contribution is 2.38. The smallest absolute Gasteiger partial charge is 0.243 e. The minimum atomic E-state index is -0.776. The molecule has 0 bridgehead atoms. The summed E-state index contributed by atoms with van der Waals surface area (Å²) in [5.41, 5.74) is 1.31. The summed E-state index contributed by atoms with van der Waals surface area (Å²) in [6, 6.07) is 12.8. The van der Waals surface area contributed by atoms with Crippen molar-refractivity contribution in [3.63, 3.8) is 0 Å². The van der Waals surface area contributed by atoms with Gasteiger partial charge in [-0.15, -0.1) is 5.10 Å². The first kappa shape index (κ1) is 16.5. The summed E-state index contributed by atoms with van der Waals surface area (Å²) in [5.74, 6) is 0.103. The third-order valence-corrected chi connectivity index (χ3v) is 4.61. The number of carbonyl (C=O) groups is 1. The zero-order valence-electron chi connectivity index (χ0n) is 12.0. The Morgan fingerprint density at radius 2 is 1.87 bits per heavy atom. The van der Waals surface area contributed by atoms with E-state index in [4.69, 9.17) is 27.9 Å². The Kier molecular flexibility index (Phi) is 4.79. The van der Waals surface area contributed by atoms with Gasteiger partial charge in [0, 0.05) is 16.1 Å². The lowest BCUT2D eigenvalue weighted by atomic mass is 10.2. The number of benzene rings is 2. The molecule has 7 heteroatoms. The molecular formula is C16H11Cl2IN2O2. The lowest BCUT2D eigenvalue weighted by molar-refractivity contribution is -0.135. The van der Waals surface area contributed by atoms with Crippen LogP contribution in [0.2, 0.25) is 10.0 Å². The number of rotatable bonds is 2. The Bertz CT molecular complexity index is 790. The van der Waals surface area contributed by atoms with Crippen LogP contribution in [-0.2, 0) is 9.53 Å². The van der Waals surface area contributed by atoms with Gasteiger partial charge in [-0.25, -0.2) is 0 Å². The summed E-state index contributed by atoms with van der Waals surface area (Å²) in [7, 11) is 0. The lowest BCUT2D eigenvalue weighted by Crippen LogP contribution is -2.25. The van der Waals surface area contributed by atoms with Crippen LogP contribution in [0, 0.1) is 3.57 Å². The second-order valence-electron chi connectivity index (χ2n) is 4.88. The number of hydrogen-bond acceptors (Lipinski definition) is 3.